The van der Waals surface area contributed by atoms with E-state index in [-0.39, 0.29) is 19.0 Å². The fraction of sp³-hybridized carbons (Fsp3) is 0.167. The Hall–Kier alpha value is -2.72. The molecule has 28 heavy (non-hydrogen) atoms. The van der Waals surface area contributed by atoms with Gasteiger partial charge in [0.2, 0.25) is 5.91 Å². The summed E-state index contributed by atoms with van der Waals surface area (Å²) in [6.07, 6.45) is 0. The number of rotatable bonds is 5. The number of carbonyl (C=O) groups excluding carboxylic acids is 2. The van der Waals surface area contributed by atoms with E-state index in [4.69, 9.17) is 4.74 Å². The maximum Gasteiger partial charge on any atom is 0.331 e. The molecule has 10 heteroatoms. The number of amides is 1. The monoisotopic (exact) mass is 421 g/mol. The molecule has 144 valence electrons. The Morgan fingerprint density at radius 1 is 1.32 bits per heavy atom. The van der Waals surface area contributed by atoms with Crippen molar-refractivity contribution in [1.29, 1.82) is 0 Å². The van der Waals surface area contributed by atoms with E-state index >= 15 is 0 Å². The normalized spacial score (nSPS) is 13.5. The van der Waals surface area contributed by atoms with Crippen LogP contribution in [0.1, 0.15) is 0 Å². The lowest BCUT2D eigenvalue weighted by Crippen LogP contribution is -2.41. The van der Waals surface area contributed by atoms with E-state index in [2.05, 4.69) is 10.3 Å². The van der Waals surface area contributed by atoms with Gasteiger partial charge >= 0.3 is 5.97 Å². The zero-order valence-corrected chi connectivity index (χ0v) is 15.9. The maximum atomic E-state index is 12.5. The number of hydrogen-bond donors (Lipinski definition) is 1. The van der Waals surface area contributed by atoms with Crippen molar-refractivity contribution in [2.45, 2.75) is 10.7 Å². The van der Waals surface area contributed by atoms with Gasteiger partial charge in [0.05, 0.1) is 22.4 Å². The van der Waals surface area contributed by atoms with Gasteiger partial charge in [-0.05, 0) is 30.3 Å². The van der Waals surface area contributed by atoms with Crippen LogP contribution in [0, 0.1) is 0 Å². The smallest absolute Gasteiger partial charge is 0.331 e. The van der Waals surface area contributed by atoms with Gasteiger partial charge in [-0.15, -0.1) is 0 Å². The van der Waals surface area contributed by atoms with E-state index in [0.717, 1.165) is 0 Å². The Balaban J connectivity index is 1.47. The van der Waals surface area contributed by atoms with Crippen LogP contribution in [0.2, 0.25) is 0 Å². The number of fused-ring (bicyclic) bond motifs is 2. The fourth-order valence-corrected chi connectivity index (χ4v) is 4.34. The Morgan fingerprint density at radius 2 is 2.14 bits per heavy atom. The first-order chi connectivity index (χ1) is 13.5. The molecular weight excluding hydrogens is 408 g/mol. The number of hydrogen-bond acceptors (Lipinski definition) is 7. The van der Waals surface area contributed by atoms with E-state index < -0.39 is 11.7 Å². The molecule has 0 saturated carbocycles. The second-order valence-electron chi connectivity index (χ2n) is 5.87. The third-order valence-corrected chi connectivity index (χ3v) is 5.55. The lowest BCUT2D eigenvalue weighted by Gasteiger charge is -2.28. The summed E-state index contributed by atoms with van der Waals surface area (Å²) in [4.78, 5) is 30.6. The summed E-state index contributed by atoms with van der Waals surface area (Å²) in [6.45, 7) is -0.0764. The fourth-order valence-electron chi connectivity index (χ4n) is 2.81. The van der Waals surface area contributed by atoms with Crippen LogP contribution in [0.15, 0.2) is 47.4 Å². The van der Waals surface area contributed by atoms with Crippen LogP contribution in [0.25, 0.3) is 10.2 Å². The van der Waals surface area contributed by atoms with Crippen LogP contribution in [0.4, 0.5) is 19.6 Å². The number of para-hydroxylation sites is 2. The molecule has 0 spiro atoms. The summed E-state index contributed by atoms with van der Waals surface area (Å²) in [6, 6.07) is 11.8. The van der Waals surface area contributed by atoms with Crippen molar-refractivity contribution >= 4 is 56.0 Å². The molecule has 6 nitrogen and oxygen atoms in total. The molecule has 0 fully saturated rings. The Kier molecular flexibility index (Phi) is 5.14. The third kappa shape index (κ3) is 4.07. The first-order valence-corrected chi connectivity index (χ1v) is 9.87. The predicted molar refractivity (Wildman–Crippen MR) is 104 cm³/mol. The summed E-state index contributed by atoms with van der Waals surface area (Å²) in [5.74, 6) is -2.86. The molecule has 1 aromatic heterocycles. The molecule has 4 rings (SSSR count). The minimum atomic E-state index is -2.50. The number of benzene rings is 2. The maximum absolute atomic E-state index is 12.5. The number of nitrogens with zero attached hydrogens (tertiary/aromatic N) is 2. The Morgan fingerprint density at radius 3 is 2.96 bits per heavy atom. The minimum absolute atomic E-state index is 0.0293. The highest BCUT2D eigenvalue weighted by Gasteiger charge is 2.25. The van der Waals surface area contributed by atoms with Gasteiger partial charge in [-0.1, -0.05) is 35.2 Å². The highest BCUT2D eigenvalue weighted by Crippen LogP contribution is 2.33. The van der Waals surface area contributed by atoms with Crippen LogP contribution >= 0.6 is 23.1 Å². The first-order valence-electron chi connectivity index (χ1n) is 8.18. The average Bonchev–Trinajstić information content (AvgIpc) is 3.02. The number of carbonyl (C=O) groups is 2. The number of thiazole rings is 1. The van der Waals surface area contributed by atoms with Crippen molar-refractivity contribution in [2.75, 3.05) is 23.3 Å². The van der Waals surface area contributed by atoms with E-state index in [9.17, 15) is 18.4 Å². The molecule has 1 N–H and O–H groups in total. The van der Waals surface area contributed by atoms with Gasteiger partial charge in [0.25, 0.3) is 5.76 Å². The van der Waals surface area contributed by atoms with Crippen molar-refractivity contribution in [3.8, 4) is 5.75 Å². The van der Waals surface area contributed by atoms with Gasteiger partial charge in [0.15, 0.2) is 10.9 Å². The van der Waals surface area contributed by atoms with Gasteiger partial charge < -0.3 is 15.0 Å². The number of esters is 1. The topological polar surface area (TPSA) is 71.5 Å². The number of aromatic nitrogens is 1. The number of anilines is 2. The molecule has 0 atom stereocenters. The van der Waals surface area contributed by atoms with E-state index in [1.165, 1.54) is 11.3 Å². The molecule has 0 unspecified atom stereocenters. The summed E-state index contributed by atoms with van der Waals surface area (Å²) >= 11 is 1.66. The SMILES string of the molecule is O=C(CN1CC(=O)Oc2ccccc21)Nc1nc2ccc(SC(F)F)cc2s1. The van der Waals surface area contributed by atoms with Gasteiger partial charge in [-0.25, -0.2) is 9.78 Å². The molecule has 1 amide bonds. The van der Waals surface area contributed by atoms with Crippen molar-refractivity contribution in [3.05, 3.63) is 42.5 Å². The van der Waals surface area contributed by atoms with Crippen LogP contribution in [-0.4, -0.2) is 35.7 Å². The highest BCUT2D eigenvalue weighted by atomic mass is 32.2. The lowest BCUT2D eigenvalue weighted by molar-refractivity contribution is -0.133. The Labute approximate surface area is 166 Å². The molecule has 0 aliphatic carbocycles. The highest BCUT2D eigenvalue weighted by molar-refractivity contribution is 7.99. The average molecular weight is 421 g/mol. The van der Waals surface area contributed by atoms with Gasteiger partial charge in [0, 0.05) is 4.90 Å². The van der Waals surface area contributed by atoms with E-state index in [1.54, 1.807) is 47.4 Å². The lowest BCUT2D eigenvalue weighted by atomic mass is 10.2. The van der Waals surface area contributed by atoms with Gasteiger partial charge in [-0.2, -0.15) is 8.78 Å². The van der Waals surface area contributed by atoms with Gasteiger partial charge in [0.1, 0.15) is 6.54 Å². The van der Waals surface area contributed by atoms with E-state index in [0.29, 0.717) is 43.4 Å². The summed E-state index contributed by atoms with van der Waals surface area (Å²) in [5.41, 5.74) is 1.28. The largest absolute Gasteiger partial charge is 0.423 e. The van der Waals surface area contributed by atoms with Crippen LogP contribution < -0.4 is 15.0 Å². The van der Waals surface area contributed by atoms with Crippen LogP contribution in [0.5, 0.6) is 5.75 Å². The third-order valence-electron chi connectivity index (χ3n) is 3.92. The van der Waals surface area contributed by atoms with Crippen LogP contribution in [0.3, 0.4) is 0 Å². The molecule has 1 aliphatic heterocycles. The number of halogens is 2. The predicted octanol–water partition coefficient (Wildman–Crippen LogP) is 3.98. The van der Waals surface area contributed by atoms with Crippen molar-refractivity contribution in [1.82, 2.24) is 4.98 Å². The summed E-state index contributed by atoms with van der Waals surface area (Å²) in [7, 11) is 0. The first kappa shape index (κ1) is 18.6. The molecule has 0 saturated heterocycles. The standard InChI is InChI=1S/C18H13F2N3O3S2/c19-17(20)27-10-5-6-11-14(7-10)28-18(21-11)22-15(24)8-23-9-16(25)26-13-4-2-1-3-12(13)23/h1-7,17H,8-9H2,(H,21,22,24). The summed E-state index contributed by atoms with van der Waals surface area (Å²) in [5, 5.41) is 3.07. The number of nitrogens with one attached hydrogen (secondary N) is 1. The molecule has 2 aromatic carbocycles. The number of thioether (sulfide) groups is 1. The second-order valence-corrected chi connectivity index (χ2v) is 7.97. The molecule has 3 aromatic rings. The molecule has 0 bridgehead atoms. The van der Waals surface area contributed by atoms with Crippen molar-refractivity contribution in [3.63, 3.8) is 0 Å². The van der Waals surface area contributed by atoms with Crippen LogP contribution in [-0.2, 0) is 9.59 Å². The molecular formula is C18H13F2N3O3S2. The molecule has 2 heterocycles. The zero-order valence-electron chi connectivity index (χ0n) is 14.2. The number of alkyl halides is 2. The van der Waals surface area contributed by atoms with Gasteiger partial charge in [-0.3, -0.25) is 4.79 Å². The van der Waals surface area contributed by atoms with Crippen molar-refractivity contribution in [2.24, 2.45) is 0 Å². The quantitative estimate of drug-likeness (QED) is 0.382. The van der Waals surface area contributed by atoms with E-state index in [1.807, 2.05) is 0 Å². The number of ether oxygens (including phenoxy) is 1. The Bertz CT molecular complexity index is 1060. The molecule has 0 radical (unpaired) electrons. The van der Waals surface area contributed by atoms with Crippen molar-refractivity contribution < 1.29 is 23.1 Å². The minimum Gasteiger partial charge on any atom is -0.423 e. The summed E-state index contributed by atoms with van der Waals surface area (Å²) < 4.78 is 30.9. The molecule has 1 aliphatic rings. The second kappa shape index (κ2) is 7.72. The zero-order chi connectivity index (χ0) is 19.7.